The van der Waals surface area contributed by atoms with E-state index < -0.39 is 12.0 Å². The van der Waals surface area contributed by atoms with Crippen LogP contribution in [0.4, 0.5) is 5.69 Å². The molecule has 3 rings (SSSR count). The Labute approximate surface area is 159 Å². The minimum Gasteiger partial charge on any atom is -0.488 e. The summed E-state index contributed by atoms with van der Waals surface area (Å²) in [5, 5.41) is 16.2. The van der Waals surface area contributed by atoms with Crippen LogP contribution in [0.2, 0.25) is 0 Å². The highest BCUT2D eigenvalue weighted by Gasteiger charge is 2.30. The predicted molar refractivity (Wildman–Crippen MR) is 103 cm³/mol. The lowest BCUT2D eigenvalue weighted by molar-refractivity contribution is -0.139. The molecule has 1 atom stereocenters. The van der Waals surface area contributed by atoms with Crippen molar-refractivity contribution in [2.45, 2.75) is 13.0 Å². The van der Waals surface area contributed by atoms with E-state index in [2.05, 4.69) is 31.5 Å². The number of hydrogen-bond donors (Lipinski definition) is 3. The van der Waals surface area contributed by atoms with Gasteiger partial charge in [0.05, 0.1) is 30.4 Å². The number of anilines is 1. The van der Waals surface area contributed by atoms with Crippen LogP contribution in [0.25, 0.3) is 5.70 Å². The maximum absolute atomic E-state index is 11.9. The molecule has 134 valence electrons. The van der Waals surface area contributed by atoms with Gasteiger partial charge in [0.25, 0.3) is 0 Å². The van der Waals surface area contributed by atoms with Crippen molar-refractivity contribution in [1.29, 1.82) is 0 Å². The Morgan fingerprint density at radius 3 is 2.73 bits per heavy atom. The van der Waals surface area contributed by atoms with E-state index >= 15 is 0 Å². The second-order valence-electron chi connectivity index (χ2n) is 5.72. The lowest BCUT2D eigenvalue weighted by Gasteiger charge is -2.18. The normalized spacial score (nSPS) is 18.3. The zero-order valence-electron chi connectivity index (χ0n) is 14.3. The molecule has 0 radical (unpaired) electrons. The summed E-state index contributed by atoms with van der Waals surface area (Å²) >= 11 is 3.38. The number of carbonyl (C=O) groups is 1. The molecule has 7 heteroatoms. The predicted octanol–water partition coefficient (Wildman–Crippen LogP) is 3.86. The van der Waals surface area contributed by atoms with Crippen LogP contribution in [0.3, 0.4) is 0 Å². The van der Waals surface area contributed by atoms with Crippen LogP contribution in [0.1, 0.15) is 24.1 Å². The van der Waals surface area contributed by atoms with E-state index in [0.29, 0.717) is 15.9 Å². The van der Waals surface area contributed by atoms with Crippen molar-refractivity contribution >= 4 is 33.3 Å². The standard InChI is InChI=1S/C19H18BrN3O3/c1-11-15(22-12-6-5-9-21-10-12)13-7-3-4-8-14(13)17(19(24)25)23-16(11)18(20)26-2/h3-10,17,22-23H,1-2H3,(H,24,25)/b18-16+/t17-/m0/s1. The molecule has 6 nitrogen and oxygen atoms in total. The van der Waals surface area contributed by atoms with Crippen molar-refractivity contribution in [3.05, 3.63) is 75.9 Å². The highest BCUT2D eigenvalue weighted by atomic mass is 79.9. The van der Waals surface area contributed by atoms with Crippen molar-refractivity contribution in [1.82, 2.24) is 10.3 Å². The highest BCUT2D eigenvalue weighted by molar-refractivity contribution is 9.11. The minimum atomic E-state index is -0.971. The fourth-order valence-corrected chi connectivity index (χ4v) is 3.29. The summed E-state index contributed by atoms with van der Waals surface area (Å²) in [5.41, 5.74) is 4.45. The third kappa shape index (κ3) is 3.43. The summed E-state index contributed by atoms with van der Waals surface area (Å²) in [5.74, 6) is -0.971. The molecule has 2 heterocycles. The van der Waals surface area contributed by atoms with Crippen molar-refractivity contribution in [2.24, 2.45) is 0 Å². The van der Waals surface area contributed by atoms with Crippen molar-refractivity contribution in [2.75, 3.05) is 12.4 Å². The summed E-state index contributed by atoms with van der Waals surface area (Å²) < 4.78 is 5.74. The van der Waals surface area contributed by atoms with Gasteiger partial charge >= 0.3 is 5.97 Å². The Kier molecular flexibility index (Phi) is 5.27. The van der Waals surface area contributed by atoms with Gasteiger partial charge in [0.15, 0.2) is 10.7 Å². The number of aromatic nitrogens is 1. The molecule has 26 heavy (non-hydrogen) atoms. The molecule has 0 saturated carbocycles. The maximum atomic E-state index is 11.9. The molecular formula is C19H18BrN3O3. The number of hydrogen-bond acceptors (Lipinski definition) is 5. The van der Waals surface area contributed by atoms with Gasteiger partial charge in [-0.05, 0) is 40.5 Å². The van der Waals surface area contributed by atoms with Crippen LogP contribution in [0, 0.1) is 0 Å². The molecule has 0 spiro atoms. The van der Waals surface area contributed by atoms with Crippen molar-refractivity contribution in [3.63, 3.8) is 0 Å². The van der Waals surface area contributed by atoms with E-state index in [1.165, 1.54) is 7.11 Å². The number of carboxylic acids is 1. The minimum absolute atomic E-state index is 0.430. The second-order valence-corrected chi connectivity index (χ2v) is 6.44. The van der Waals surface area contributed by atoms with Gasteiger partial charge in [-0.15, -0.1) is 0 Å². The fourth-order valence-electron chi connectivity index (χ4n) is 2.88. The van der Waals surface area contributed by atoms with Gasteiger partial charge in [-0.3, -0.25) is 4.98 Å². The molecule has 0 aliphatic carbocycles. The second kappa shape index (κ2) is 7.61. The SMILES string of the molecule is CO/C(Br)=C1/N[C@H](C(=O)O)c2ccccc2C(Nc2cccnc2)=C1C. The number of benzene rings is 1. The zero-order chi connectivity index (χ0) is 18.7. The number of rotatable bonds is 4. The monoisotopic (exact) mass is 415 g/mol. The molecule has 1 aliphatic rings. The van der Waals surface area contributed by atoms with Crippen LogP contribution >= 0.6 is 15.9 Å². The molecule has 0 fully saturated rings. The largest absolute Gasteiger partial charge is 0.488 e. The number of carboxylic acid groups (broad SMARTS) is 1. The average molecular weight is 416 g/mol. The molecule has 1 aliphatic heterocycles. The first kappa shape index (κ1) is 18.0. The van der Waals surface area contributed by atoms with Crippen LogP contribution in [0.15, 0.2) is 64.7 Å². The quantitative estimate of drug-likeness (QED) is 0.657. The van der Waals surface area contributed by atoms with Crippen LogP contribution in [-0.4, -0.2) is 23.2 Å². The number of nitrogens with zero attached hydrogens (tertiary/aromatic N) is 1. The first-order chi connectivity index (χ1) is 12.5. The van der Waals surface area contributed by atoms with Gasteiger partial charge in [-0.1, -0.05) is 24.3 Å². The van der Waals surface area contributed by atoms with Gasteiger partial charge in [-0.2, -0.15) is 0 Å². The molecule has 0 amide bonds. The number of aliphatic carboxylic acids is 1. The topological polar surface area (TPSA) is 83.5 Å². The van der Waals surface area contributed by atoms with E-state index in [4.69, 9.17) is 4.74 Å². The third-order valence-electron chi connectivity index (χ3n) is 4.13. The smallest absolute Gasteiger partial charge is 0.330 e. The van der Waals surface area contributed by atoms with Gasteiger partial charge < -0.3 is 20.5 Å². The van der Waals surface area contributed by atoms with Crippen LogP contribution in [-0.2, 0) is 9.53 Å². The Bertz CT molecular complexity index is 894. The number of halogens is 1. The summed E-state index contributed by atoms with van der Waals surface area (Å²) in [6.07, 6.45) is 3.41. The average Bonchev–Trinajstić information content (AvgIpc) is 2.78. The number of methoxy groups -OCH3 is 1. The molecule has 1 aromatic heterocycles. The molecular weight excluding hydrogens is 398 g/mol. The van der Waals surface area contributed by atoms with Gasteiger partial charge in [0, 0.05) is 17.3 Å². The van der Waals surface area contributed by atoms with E-state index in [1.807, 2.05) is 43.3 Å². The van der Waals surface area contributed by atoms with E-state index in [1.54, 1.807) is 12.4 Å². The summed E-state index contributed by atoms with van der Waals surface area (Å²) in [4.78, 5) is 16.0. The molecule has 1 aromatic carbocycles. The molecule has 0 unspecified atom stereocenters. The van der Waals surface area contributed by atoms with Crippen molar-refractivity contribution < 1.29 is 14.6 Å². The summed E-state index contributed by atoms with van der Waals surface area (Å²) in [7, 11) is 1.52. The van der Waals surface area contributed by atoms with Crippen molar-refractivity contribution in [3.8, 4) is 0 Å². The lowest BCUT2D eigenvalue weighted by atomic mass is 9.98. The third-order valence-corrected chi connectivity index (χ3v) is 4.85. The van der Waals surface area contributed by atoms with Crippen LogP contribution < -0.4 is 10.6 Å². The fraction of sp³-hybridized carbons (Fsp3) is 0.158. The van der Waals surface area contributed by atoms with Crippen LogP contribution in [0.5, 0.6) is 0 Å². The lowest BCUT2D eigenvalue weighted by Crippen LogP contribution is -2.28. The summed E-state index contributed by atoms with van der Waals surface area (Å²) in [6, 6.07) is 10.2. The Balaban J connectivity index is 2.24. The van der Waals surface area contributed by atoms with E-state index in [-0.39, 0.29) is 0 Å². The molecule has 0 saturated heterocycles. The Hall–Kier alpha value is -2.80. The maximum Gasteiger partial charge on any atom is 0.330 e. The Morgan fingerprint density at radius 2 is 2.08 bits per heavy atom. The molecule has 0 bridgehead atoms. The molecule has 2 aromatic rings. The van der Waals surface area contributed by atoms with Gasteiger partial charge in [0.1, 0.15) is 0 Å². The van der Waals surface area contributed by atoms with Gasteiger partial charge in [0.2, 0.25) is 0 Å². The molecule has 3 N–H and O–H groups in total. The number of ether oxygens (including phenoxy) is 1. The Morgan fingerprint density at radius 1 is 1.31 bits per heavy atom. The first-order valence-electron chi connectivity index (χ1n) is 7.93. The summed E-state index contributed by atoms with van der Waals surface area (Å²) in [6.45, 7) is 1.91. The van der Waals surface area contributed by atoms with Gasteiger partial charge in [-0.25, -0.2) is 4.79 Å². The first-order valence-corrected chi connectivity index (χ1v) is 8.73. The van der Waals surface area contributed by atoms with E-state index in [9.17, 15) is 9.90 Å². The number of pyridine rings is 1. The zero-order valence-corrected chi connectivity index (χ0v) is 15.9. The number of fused-ring (bicyclic) bond motifs is 1. The number of nitrogens with one attached hydrogen (secondary N) is 2. The van der Waals surface area contributed by atoms with E-state index in [0.717, 1.165) is 22.5 Å². The highest BCUT2D eigenvalue weighted by Crippen LogP contribution is 2.36. The number of allylic oxidation sites excluding steroid dienone is 1.